The van der Waals surface area contributed by atoms with Gasteiger partial charge in [0.25, 0.3) is 0 Å². The molecule has 2 aromatic heterocycles. The number of carboxylic acids is 1. The molecular weight excluding hydrogens is 268 g/mol. The topological polar surface area (TPSA) is 108 Å². The van der Waals surface area contributed by atoms with Crippen LogP contribution in [0.15, 0.2) is 6.20 Å². The van der Waals surface area contributed by atoms with Crippen LogP contribution in [0.5, 0.6) is 0 Å². The SMILES string of the molecule is CC(=O)c1sc(NCc2cn[nH]c2C)nc1C(=O)O. The first-order valence-electron chi connectivity index (χ1n) is 5.46. The van der Waals surface area contributed by atoms with E-state index in [-0.39, 0.29) is 16.4 Å². The number of carbonyl (C=O) groups is 2. The summed E-state index contributed by atoms with van der Waals surface area (Å²) >= 11 is 1.04. The highest BCUT2D eigenvalue weighted by Gasteiger charge is 2.20. The largest absolute Gasteiger partial charge is 0.476 e. The van der Waals surface area contributed by atoms with E-state index in [2.05, 4.69) is 20.5 Å². The second kappa shape index (κ2) is 5.19. The predicted molar refractivity (Wildman–Crippen MR) is 69.7 cm³/mol. The van der Waals surface area contributed by atoms with Crippen molar-refractivity contribution < 1.29 is 14.7 Å². The Morgan fingerprint density at radius 2 is 2.26 bits per heavy atom. The number of carbonyl (C=O) groups excluding carboxylic acids is 1. The highest BCUT2D eigenvalue weighted by molar-refractivity contribution is 7.17. The molecule has 0 aliphatic heterocycles. The van der Waals surface area contributed by atoms with Gasteiger partial charge in [-0.15, -0.1) is 0 Å². The summed E-state index contributed by atoms with van der Waals surface area (Å²) in [4.78, 5) is 26.4. The molecule has 0 radical (unpaired) electrons. The normalized spacial score (nSPS) is 10.4. The van der Waals surface area contributed by atoms with Crippen molar-refractivity contribution in [2.75, 3.05) is 5.32 Å². The van der Waals surface area contributed by atoms with Gasteiger partial charge in [-0.1, -0.05) is 11.3 Å². The Morgan fingerprint density at radius 1 is 1.53 bits per heavy atom. The van der Waals surface area contributed by atoms with Gasteiger partial charge in [0, 0.05) is 24.7 Å². The number of hydrogen-bond donors (Lipinski definition) is 3. The van der Waals surface area contributed by atoms with E-state index in [0.29, 0.717) is 11.7 Å². The number of H-pyrrole nitrogens is 1. The lowest BCUT2D eigenvalue weighted by molar-refractivity contribution is 0.0687. The summed E-state index contributed by atoms with van der Waals surface area (Å²) in [6.07, 6.45) is 1.68. The number of nitrogens with one attached hydrogen (secondary N) is 2. The van der Waals surface area contributed by atoms with Gasteiger partial charge in [-0.05, 0) is 6.92 Å². The van der Waals surface area contributed by atoms with E-state index >= 15 is 0 Å². The molecule has 3 N–H and O–H groups in total. The van der Waals surface area contributed by atoms with Crippen molar-refractivity contribution in [2.45, 2.75) is 20.4 Å². The monoisotopic (exact) mass is 280 g/mol. The minimum Gasteiger partial charge on any atom is -0.476 e. The summed E-state index contributed by atoms with van der Waals surface area (Å²) < 4.78 is 0. The molecule has 0 saturated heterocycles. The lowest BCUT2D eigenvalue weighted by Crippen LogP contribution is -2.04. The van der Waals surface area contributed by atoms with E-state index in [1.54, 1.807) is 6.20 Å². The molecule has 0 atom stereocenters. The van der Waals surface area contributed by atoms with Crippen LogP contribution in [-0.4, -0.2) is 32.0 Å². The first kappa shape index (κ1) is 13.2. The molecular formula is C11H12N4O3S. The first-order chi connectivity index (χ1) is 8.99. The van der Waals surface area contributed by atoms with Gasteiger partial charge >= 0.3 is 5.97 Å². The van der Waals surface area contributed by atoms with Gasteiger partial charge in [0.05, 0.1) is 6.20 Å². The number of ketones is 1. The van der Waals surface area contributed by atoms with Crippen LogP contribution in [0.4, 0.5) is 5.13 Å². The van der Waals surface area contributed by atoms with Crippen LogP contribution in [0.3, 0.4) is 0 Å². The van der Waals surface area contributed by atoms with Crippen molar-refractivity contribution >= 4 is 28.2 Å². The van der Waals surface area contributed by atoms with Crippen LogP contribution < -0.4 is 5.32 Å². The molecule has 0 saturated carbocycles. The summed E-state index contributed by atoms with van der Waals surface area (Å²) in [5.74, 6) is -1.50. The number of aromatic carboxylic acids is 1. The molecule has 19 heavy (non-hydrogen) atoms. The van der Waals surface area contributed by atoms with Crippen LogP contribution in [-0.2, 0) is 6.54 Å². The summed E-state index contributed by atoms with van der Waals surface area (Å²) in [5.41, 5.74) is 1.68. The van der Waals surface area contributed by atoms with Gasteiger partial charge in [-0.3, -0.25) is 9.89 Å². The number of Topliss-reactive ketones (excluding diaryl/α,β-unsaturated/α-hetero) is 1. The number of rotatable bonds is 5. The first-order valence-corrected chi connectivity index (χ1v) is 6.28. The molecule has 2 rings (SSSR count). The van der Waals surface area contributed by atoms with Crippen LogP contribution in [0.1, 0.15) is 38.3 Å². The Labute approximate surface area is 112 Å². The van der Waals surface area contributed by atoms with Crippen LogP contribution in [0.2, 0.25) is 0 Å². The van der Waals surface area contributed by atoms with E-state index < -0.39 is 5.97 Å². The van der Waals surface area contributed by atoms with E-state index in [9.17, 15) is 9.59 Å². The Kier molecular flexibility index (Phi) is 3.61. The van der Waals surface area contributed by atoms with Crippen LogP contribution in [0.25, 0.3) is 0 Å². The predicted octanol–water partition coefficient (Wildman–Crippen LogP) is 1.69. The zero-order chi connectivity index (χ0) is 14.0. The number of aromatic nitrogens is 3. The fraction of sp³-hybridized carbons (Fsp3) is 0.273. The maximum absolute atomic E-state index is 11.3. The maximum atomic E-state index is 11.3. The summed E-state index contributed by atoms with van der Waals surface area (Å²) in [6, 6.07) is 0. The molecule has 2 heterocycles. The number of nitrogens with zero attached hydrogens (tertiary/aromatic N) is 2. The summed E-state index contributed by atoms with van der Waals surface area (Å²) in [6.45, 7) is 3.67. The number of carboxylic acid groups (broad SMARTS) is 1. The zero-order valence-corrected chi connectivity index (χ0v) is 11.2. The molecule has 2 aromatic rings. The number of hydrogen-bond acceptors (Lipinski definition) is 6. The average Bonchev–Trinajstić information content (AvgIpc) is 2.92. The van der Waals surface area contributed by atoms with E-state index in [0.717, 1.165) is 22.6 Å². The molecule has 8 heteroatoms. The second-order valence-corrected chi connectivity index (χ2v) is 4.93. The third kappa shape index (κ3) is 2.79. The number of thiazole rings is 1. The zero-order valence-electron chi connectivity index (χ0n) is 10.4. The van der Waals surface area contributed by atoms with Crippen molar-refractivity contribution in [3.63, 3.8) is 0 Å². The molecule has 0 unspecified atom stereocenters. The minimum absolute atomic E-state index is 0.152. The van der Waals surface area contributed by atoms with E-state index in [4.69, 9.17) is 5.11 Å². The lowest BCUT2D eigenvalue weighted by atomic mass is 10.3. The van der Waals surface area contributed by atoms with Crippen LogP contribution in [0, 0.1) is 6.92 Å². The van der Waals surface area contributed by atoms with Crippen molar-refractivity contribution in [1.29, 1.82) is 0 Å². The fourth-order valence-corrected chi connectivity index (χ4v) is 2.35. The maximum Gasteiger partial charge on any atom is 0.356 e. The highest BCUT2D eigenvalue weighted by Crippen LogP contribution is 2.24. The molecule has 0 bridgehead atoms. The van der Waals surface area contributed by atoms with E-state index in [1.807, 2.05) is 6.92 Å². The number of aryl methyl sites for hydroxylation is 1. The quantitative estimate of drug-likeness (QED) is 0.719. The van der Waals surface area contributed by atoms with Crippen molar-refractivity contribution in [1.82, 2.24) is 15.2 Å². The Bertz CT molecular complexity index is 600. The third-order valence-corrected chi connectivity index (χ3v) is 3.63. The van der Waals surface area contributed by atoms with Gasteiger partial charge < -0.3 is 10.4 Å². The van der Waals surface area contributed by atoms with Crippen LogP contribution >= 0.6 is 11.3 Å². The Hall–Kier alpha value is -2.22. The second-order valence-electron chi connectivity index (χ2n) is 3.93. The molecule has 100 valence electrons. The van der Waals surface area contributed by atoms with Gasteiger partial charge in [0.15, 0.2) is 16.6 Å². The lowest BCUT2D eigenvalue weighted by Gasteiger charge is -2.00. The summed E-state index contributed by atoms with van der Waals surface area (Å²) in [7, 11) is 0. The molecule has 0 amide bonds. The standard InChI is InChI=1S/C11H12N4O3S/c1-5-7(4-13-15-5)3-12-11-14-8(10(17)18)9(19-11)6(2)16/h4H,3H2,1-2H3,(H,12,14)(H,13,15)(H,17,18). The highest BCUT2D eigenvalue weighted by atomic mass is 32.1. The minimum atomic E-state index is -1.20. The molecule has 0 spiro atoms. The molecule has 7 nitrogen and oxygen atoms in total. The fourth-order valence-electron chi connectivity index (χ4n) is 1.50. The molecule has 0 fully saturated rings. The van der Waals surface area contributed by atoms with Crippen molar-refractivity contribution in [2.24, 2.45) is 0 Å². The Morgan fingerprint density at radius 3 is 2.74 bits per heavy atom. The third-order valence-electron chi connectivity index (χ3n) is 2.51. The molecule has 0 aliphatic rings. The number of anilines is 1. The van der Waals surface area contributed by atoms with Gasteiger partial charge in [0.2, 0.25) is 0 Å². The smallest absolute Gasteiger partial charge is 0.356 e. The Balaban J connectivity index is 2.18. The molecule has 0 aromatic carbocycles. The van der Waals surface area contributed by atoms with Gasteiger partial charge in [0.1, 0.15) is 4.88 Å². The van der Waals surface area contributed by atoms with Crippen molar-refractivity contribution in [3.8, 4) is 0 Å². The van der Waals surface area contributed by atoms with Gasteiger partial charge in [-0.25, -0.2) is 9.78 Å². The van der Waals surface area contributed by atoms with E-state index in [1.165, 1.54) is 6.92 Å². The van der Waals surface area contributed by atoms with Gasteiger partial charge in [-0.2, -0.15) is 5.10 Å². The average molecular weight is 280 g/mol. The molecule has 0 aliphatic carbocycles. The van der Waals surface area contributed by atoms with Crippen molar-refractivity contribution in [3.05, 3.63) is 28.0 Å². The summed E-state index contributed by atoms with van der Waals surface area (Å²) in [5, 5.41) is 19.1. The number of aromatic amines is 1.